The molecule has 0 aliphatic heterocycles. The molecule has 1 aliphatic rings. The molecule has 0 heterocycles. The SMILES string of the molecule is CC1CC1CN(C)C(=O)c1cc(Cl)cc(S(=O)(=O)Cl)c1F. The lowest BCUT2D eigenvalue weighted by Crippen LogP contribution is -2.30. The smallest absolute Gasteiger partial charge is 0.264 e. The van der Waals surface area contributed by atoms with Crippen LogP contribution in [0.2, 0.25) is 5.02 Å². The fraction of sp³-hybridized carbons (Fsp3) is 0.462. The van der Waals surface area contributed by atoms with Crippen LogP contribution in [0.25, 0.3) is 0 Å². The number of carbonyl (C=O) groups is 1. The van der Waals surface area contributed by atoms with Gasteiger partial charge in [-0.3, -0.25) is 4.79 Å². The van der Waals surface area contributed by atoms with E-state index in [4.69, 9.17) is 22.3 Å². The van der Waals surface area contributed by atoms with Crippen LogP contribution in [0.5, 0.6) is 0 Å². The maximum atomic E-state index is 14.2. The van der Waals surface area contributed by atoms with E-state index in [1.54, 1.807) is 7.05 Å². The third kappa shape index (κ3) is 3.67. The average molecular weight is 354 g/mol. The molecule has 1 aromatic carbocycles. The summed E-state index contributed by atoms with van der Waals surface area (Å²) < 4.78 is 36.9. The van der Waals surface area contributed by atoms with E-state index in [-0.39, 0.29) is 5.02 Å². The third-order valence-electron chi connectivity index (χ3n) is 3.63. The molecule has 1 aromatic rings. The summed E-state index contributed by atoms with van der Waals surface area (Å²) in [6.45, 7) is 2.57. The molecule has 0 spiro atoms. The van der Waals surface area contributed by atoms with Crippen molar-refractivity contribution < 1.29 is 17.6 Å². The van der Waals surface area contributed by atoms with E-state index in [2.05, 4.69) is 6.92 Å². The molecule has 0 saturated heterocycles. The van der Waals surface area contributed by atoms with Crippen LogP contribution in [0.3, 0.4) is 0 Å². The first-order valence-electron chi connectivity index (χ1n) is 6.30. The van der Waals surface area contributed by atoms with E-state index in [0.29, 0.717) is 18.4 Å². The molecule has 0 bridgehead atoms. The van der Waals surface area contributed by atoms with E-state index < -0.39 is 31.2 Å². The molecule has 1 fully saturated rings. The molecule has 0 aromatic heterocycles. The molecule has 116 valence electrons. The van der Waals surface area contributed by atoms with Gasteiger partial charge in [0, 0.05) is 29.3 Å². The van der Waals surface area contributed by atoms with E-state index in [1.807, 2.05) is 0 Å². The molecule has 0 N–H and O–H groups in total. The van der Waals surface area contributed by atoms with Gasteiger partial charge in [0.15, 0.2) is 5.82 Å². The Morgan fingerprint density at radius 1 is 1.48 bits per heavy atom. The van der Waals surface area contributed by atoms with Crippen molar-refractivity contribution in [2.45, 2.75) is 18.2 Å². The van der Waals surface area contributed by atoms with Crippen LogP contribution in [0.4, 0.5) is 4.39 Å². The molecule has 2 unspecified atom stereocenters. The number of hydrogen-bond donors (Lipinski definition) is 0. The quantitative estimate of drug-likeness (QED) is 0.781. The number of amides is 1. The number of benzene rings is 1. The van der Waals surface area contributed by atoms with Gasteiger partial charge in [-0.15, -0.1) is 0 Å². The number of rotatable bonds is 4. The predicted octanol–water partition coefficient (Wildman–Crippen LogP) is 3.13. The van der Waals surface area contributed by atoms with Crippen LogP contribution in [-0.4, -0.2) is 32.8 Å². The zero-order valence-electron chi connectivity index (χ0n) is 11.4. The summed E-state index contributed by atoms with van der Waals surface area (Å²) in [4.78, 5) is 12.8. The van der Waals surface area contributed by atoms with Gasteiger partial charge in [0.2, 0.25) is 0 Å². The van der Waals surface area contributed by atoms with Gasteiger partial charge < -0.3 is 4.90 Å². The zero-order valence-corrected chi connectivity index (χ0v) is 13.8. The Balaban J connectivity index is 2.34. The molecular weight excluding hydrogens is 340 g/mol. The summed E-state index contributed by atoms with van der Waals surface area (Å²) in [5, 5.41) is -0.0628. The van der Waals surface area contributed by atoms with Gasteiger partial charge in [0.1, 0.15) is 4.90 Å². The second-order valence-electron chi connectivity index (χ2n) is 5.36. The van der Waals surface area contributed by atoms with Crippen LogP contribution in [0, 0.1) is 17.7 Å². The maximum Gasteiger partial charge on any atom is 0.264 e. The van der Waals surface area contributed by atoms with E-state index in [1.165, 1.54) is 4.90 Å². The summed E-state index contributed by atoms with van der Waals surface area (Å²) in [6.07, 6.45) is 1.02. The topological polar surface area (TPSA) is 54.5 Å². The normalized spacial score (nSPS) is 21.2. The van der Waals surface area contributed by atoms with Gasteiger partial charge in [0.05, 0.1) is 5.56 Å². The highest BCUT2D eigenvalue weighted by molar-refractivity contribution is 8.13. The summed E-state index contributed by atoms with van der Waals surface area (Å²) in [6, 6.07) is 2.00. The Morgan fingerprint density at radius 2 is 2.05 bits per heavy atom. The summed E-state index contributed by atoms with van der Waals surface area (Å²) in [7, 11) is 2.38. The Labute approximate surface area is 132 Å². The minimum Gasteiger partial charge on any atom is -0.341 e. The van der Waals surface area contributed by atoms with Crippen molar-refractivity contribution in [2.75, 3.05) is 13.6 Å². The third-order valence-corrected chi connectivity index (χ3v) is 5.17. The molecule has 1 aliphatic carbocycles. The van der Waals surface area contributed by atoms with Crippen LogP contribution in [0.15, 0.2) is 17.0 Å². The highest BCUT2D eigenvalue weighted by atomic mass is 35.7. The number of hydrogen-bond acceptors (Lipinski definition) is 3. The molecule has 4 nitrogen and oxygen atoms in total. The van der Waals surface area contributed by atoms with Crippen molar-refractivity contribution in [3.05, 3.63) is 28.5 Å². The summed E-state index contributed by atoms with van der Waals surface area (Å²) >= 11 is 5.76. The molecule has 0 radical (unpaired) electrons. The monoisotopic (exact) mass is 353 g/mol. The lowest BCUT2D eigenvalue weighted by molar-refractivity contribution is 0.0782. The first-order chi connectivity index (χ1) is 9.61. The van der Waals surface area contributed by atoms with Crippen molar-refractivity contribution in [1.29, 1.82) is 0 Å². The Kier molecular flexibility index (Phi) is 4.52. The molecular formula is C13H14Cl2FNO3S. The second-order valence-corrected chi connectivity index (χ2v) is 8.33. The molecule has 1 amide bonds. The average Bonchev–Trinajstić information content (AvgIpc) is 3.05. The van der Waals surface area contributed by atoms with E-state index in [0.717, 1.165) is 18.6 Å². The Hall–Kier alpha value is -0.850. The maximum absolute atomic E-state index is 14.2. The lowest BCUT2D eigenvalue weighted by atomic mass is 10.1. The Morgan fingerprint density at radius 3 is 2.52 bits per heavy atom. The van der Waals surface area contributed by atoms with Gasteiger partial charge in [0.25, 0.3) is 15.0 Å². The largest absolute Gasteiger partial charge is 0.341 e. The van der Waals surface area contributed by atoms with Crippen molar-refractivity contribution in [2.24, 2.45) is 11.8 Å². The minimum atomic E-state index is -4.32. The minimum absolute atomic E-state index is 0.0628. The molecule has 1 saturated carbocycles. The molecule has 21 heavy (non-hydrogen) atoms. The first kappa shape index (κ1) is 16.5. The van der Waals surface area contributed by atoms with Crippen LogP contribution < -0.4 is 0 Å². The predicted molar refractivity (Wildman–Crippen MR) is 78.7 cm³/mol. The summed E-state index contributed by atoms with van der Waals surface area (Å²) in [5.74, 6) is -0.841. The number of carbonyl (C=O) groups excluding carboxylic acids is 1. The van der Waals surface area contributed by atoms with Gasteiger partial charge in [-0.05, 0) is 30.4 Å². The van der Waals surface area contributed by atoms with Gasteiger partial charge in [-0.1, -0.05) is 18.5 Å². The highest BCUT2D eigenvalue weighted by Crippen LogP contribution is 2.38. The van der Waals surface area contributed by atoms with Gasteiger partial charge >= 0.3 is 0 Å². The van der Waals surface area contributed by atoms with E-state index in [9.17, 15) is 17.6 Å². The zero-order chi connectivity index (χ0) is 15.9. The molecule has 2 atom stereocenters. The van der Waals surface area contributed by atoms with Crippen molar-refractivity contribution >= 4 is 37.2 Å². The summed E-state index contributed by atoms with van der Waals surface area (Å²) in [5.41, 5.74) is -0.391. The standard InChI is InChI=1S/C13H14Cl2FNO3S/c1-7-3-8(7)6-17(2)13(18)10-4-9(14)5-11(12(10)16)21(15,19)20/h4-5,7-8H,3,6H2,1-2H3. The molecule has 8 heteroatoms. The Bertz CT molecular complexity index is 693. The molecule has 2 rings (SSSR count). The van der Waals surface area contributed by atoms with Gasteiger partial charge in [-0.2, -0.15) is 0 Å². The highest BCUT2D eigenvalue weighted by Gasteiger charge is 2.35. The van der Waals surface area contributed by atoms with Gasteiger partial charge in [-0.25, -0.2) is 12.8 Å². The van der Waals surface area contributed by atoms with E-state index >= 15 is 0 Å². The van der Waals surface area contributed by atoms with Crippen molar-refractivity contribution in [1.82, 2.24) is 4.90 Å². The number of halogens is 3. The second kappa shape index (κ2) is 5.74. The van der Waals surface area contributed by atoms with Crippen LogP contribution in [-0.2, 0) is 9.05 Å². The fourth-order valence-corrected chi connectivity index (χ4v) is 3.40. The van der Waals surface area contributed by atoms with Crippen molar-refractivity contribution in [3.63, 3.8) is 0 Å². The fourth-order valence-electron chi connectivity index (χ4n) is 2.19. The van der Waals surface area contributed by atoms with Crippen LogP contribution >= 0.6 is 22.3 Å². The number of nitrogens with zero attached hydrogens (tertiary/aromatic N) is 1. The van der Waals surface area contributed by atoms with Crippen LogP contribution in [0.1, 0.15) is 23.7 Å². The first-order valence-corrected chi connectivity index (χ1v) is 8.99. The van der Waals surface area contributed by atoms with Crippen molar-refractivity contribution in [3.8, 4) is 0 Å². The lowest BCUT2D eigenvalue weighted by Gasteiger charge is -2.18.